The zero-order chi connectivity index (χ0) is 21.6. The van der Waals surface area contributed by atoms with Gasteiger partial charge in [0.15, 0.2) is 0 Å². The molecule has 1 amide bonds. The highest BCUT2D eigenvalue weighted by atomic mass is 79.9. The Labute approximate surface area is 187 Å². The topological polar surface area (TPSA) is 69.7 Å². The van der Waals surface area contributed by atoms with Gasteiger partial charge in [-0.1, -0.05) is 39.7 Å². The first-order chi connectivity index (χ1) is 14.4. The third kappa shape index (κ3) is 6.06. The molecule has 2 aromatic carbocycles. The van der Waals surface area contributed by atoms with Gasteiger partial charge in [0.05, 0.1) is 10.6 Å². The molecule has 0 saturated carbocycles. The van der Waals surface area contributed by atoms with Gasteiger partial charge >= 0.3 is 0 Å². The first kappa shape index (κ1) is 22.8. The molecule has 1 fully saturated rings. The Balaban J connectivity index is 1.71. The summed E-state index contributed by atoms with van der Waals surface area (Å²) in [5.41, 5.74) is 1.41. The molecule has 0 unspecified atom stereocenters. The van der Waals surface area contributed by atoms with Crippen LogP contribution >= 0.6 is 15.9 Å². The Morgan fingerprint density at radius 3 is 2.50 bits per heavy atom. The quantitative estimate of drug-likeness (QED) is 0.542. The molecule has 2 aromatic rings. The van der Waals surface area contributed by atoms with E-state index in [0.29, 0.717) is 12.2 Å². The number of nitrogens with zero attached hydrogens (tertiary/aromatic N) is 2. The van der Waals surface area contributed by atoms with Gasteiger partial charge in [-0.05, 0) is 76.2 Å². The first-order valence-corrected chi connectivity index (χ1v) is 12.4. The fourth-order valence-corrected chi connectivity index (χ4v) is 5.31. The van der Waals surface area contributed by atoms with Crippen LogP contribution in [0.1, 0.15) is 24.8 Å². The van der Waals surface area contributed by atoms with E-state index in [1.54, 1.807) is 42.5 Å². The van der Waals surface area contributed by atoms with Crippen molar-refractivity contribution in [2.24, 2.45) is 0 Å². The zero-order valence-electron chi connectivity index (χ0n) is 17.2. The minimum absolute atomic E-state index is 0.162. The number of halogens is 1. The van der Waals surface area contributed by atoms with Crippen molar-refractivity contribution in [1.29, 1.82) is 0 Å². The van der Waals surface area contributed by atoms with E-state index in [4.69, 9.17) is 0 Å². The molecule has 1 saturated heterocycles. The molecule has 0 radical (unpaired) electrons. The average Bonchev–Trinajstić information content (AvgIpc) is 3.23. The molecule has 0 aromatic heterocycles. The number of likely N-dealkylation sites (tertiary alicyclic amines) is 1. The molecule has 1 aliphatic rings. The summed E-state index contributed by atoms with van der Waals surface area (Å²) in [6.45, 7) is 5.37. The van der Waals surface area contributed by atoms with Gasteiger partial charge in [0, 0.05) is 11.0 Å². The molecule has 3 rings (SSSR count). The van der Waals surface area contributed by atoms with Crippen LogP contribution in [0.4, 0.5) is 5.69 Å². The lowest BCUT2D eigenvalue weighted by atomic mass is 10.2. The summed E-state index contributed by atoms with van der Waals surface area (Å²) in [6, 6.07) is 13.6. The van der Waals surface area contributed by atoms with E-state index in [1.807, 2.05) is 13.0 Å². The predicted molar refractivity (Wildman–Crippen MR) is 123 cm³/mol. The zero-order valence-corrected chi connectivity index (χ0v) is 19.6. The highest BCUT2D eigenvalue weighted by Gasteiger charge is 2.27. The number of carbonyl (C=O) groups excluding carboxylic acids is 1. The molecule has 1 N–H and O–H groups in total. The number of anilines is 1. The number of nitrogens with one attached hydrogen (secondary N) is 1. The molecule has 0 atom stereocenters. The average molecular weight is 494 g/mol. The number of hydrogen-bond acceptors (Lipinski definition) is 4. The van der Waals surface area contributed by atoms with Crippen molar-refractivity contribution in [3.05, 3.63) is 58.6 Å². The van der Waals surface area contributed by atoms with Crippen molar-refractivity contribution in [1.82, 2.24) is 10.2 Å². The monoisotopic (exact) mass is 493 g/mol. The molecule has 0 bridgehead atoms. The smallest absolute Gasteiger partial charge is 0.264 e. The van der Waals surface area contributed by atoms with Crippen molar-refractivity contribution < 1.29 is 13.2 Å². The predicted octanol–water partition coefficient (Wildman–Crippen LogP) is 3.55. The third-order valence-electron chi connectivity index (χ3n) is 5.16. The van der Waals surface area contributed by atoms with E-state index in [9.17, 15) is 13.2 Å². The molecule has 6 nitrogen and oxygen atoms in total. The highest BCUT2D eigenvalue weighted by Crippen LogP contribution is 2.26. The van der Waals surface area contributed by atoms with E-state index in [1.165, 1.54) is 12.8 Å². The van der Waals surface area contributed by atoms with Crippen LogP contribution in [0.15, 0.2) is 57.9 Å². The van der Waals surface area contributed by atoms with Gasteiger partial charge in [-0.2, -0.15) is 0 Å². The largest absolute Gasteiger partial charge is 0.354 e. The maximum atomic E-state index is 13.3. The molecule has 0 spiro atoms. The summed E-state index contributed by atoms with van der Waals surface area (Å²) in [4.78, 5) is 15.2. The van der Waals surface area contributed by atoms with Crippen LogP contribution in [-0.4, -0.2) is 51.9 Å². The van der Waals surface area contributed by atoms with Crippen LogP contribution in [0.3, 0.4) is 0 Å². The number of aryl methyl sites for hydroxylation is 1. The minimum Gasteiger partial charge on any atom is -0.354 e. The van der Waals surface area contributed by atoms with E-state index in [-0.39, 0.29) is 17.3 Å². The SMILES string of the molecule is Cc1ccc(S(=O)(=O)N(CC(=O)NCCCN2CCCC2)c2cccc(Br)c2)cc1. The standard InChI is InChI=1S/C22H28BrN3O3S/c1-18-8-10-21(11-9-18)30(28,29)26(20-7-4-6-19(23)16-20)17-22(27)24-12-5-15-25-13-2-3-14-25/h4,6-11,16H,2-3,5,12-15,17H2,1H3,(H,24,27). The number of sulfonamides is 1. The third-order valence-corrected chi connectivity index (χ3v) is 7.45. The van der Waals surface area contributed by atoms with Crippen molar-refractivity contribution >= 4 is 37.5 Å². The fourth-order valence-electron chi connectivity index (χ4n) is 3.51. The van der Waals surface area contributed by atoms with E-state index >= 15 is 0 Å². The molecule has 1 aliphatic heterocycles. The van der Waals surface area contributed by atoms with Gasteiger partial charge in [0.2, 0.25) is 5.91 Å². The Bertz CT molecular complexity index is 958. The molecule has 8 heteroatoms. The lowest BCUT2D eigenvalue weighted by molar-refractivity contribution is -0.119. The maximum absolute atomic E-state index is 13.3. The van der Waals surface area contributed by atoms with Gasteiger partial charge in [-0.15, -0.1) is 0 Å². The van der Waals surface area contributed by atoms with E-state index in [2.05, 4.69) is 26.1 Å². The fraction of sp³-hybridized carbons (Fsp3) is 0.409. The van der Waals surface area contributed by atoms with Crippen LogP contribution in [0.2, 0.25) is 0 Å². The molecule has 162 valence electrons. The lowest BCUT2D eigenvalue weighted by Gasteiger charge is -2.24. The van der Waals surface area contributed by atoms with Crippen molar-refractivity contribution in [3.63, 3.8) is 0 Å². The van der Waals surface area contributed by atoms with Gasteiger partial charge in [-0.3, -0.25) is 9.10 Å². The first-order valence-electron chi connectivity index (χ1n) is 10.2. The van der Waals surface area contributed by atoms with Crippen molar-refractivity contribution in [3.8, 4) is 0 Å². The number of carbonyl (C=O) groups is 1. The number of rotatable bonds is 9. The van der Waals surface area contributed by atoms with Gasteiger partial charge in [-0.25, -0.2) is 8.42 Å². The molecular weight excluding hydrogens is 466 g/mol. The summed E-state index contributed by atoms with van der Waals surface area (Å²) in [5, 5.41) is 2.87. The number of amides is 1. The highest BCUT2D eigenvalue weighted by molar-refractivity contribution is 9.10. The van der Waals surface area contributed by atoms with Crippen LogP contribution in [0, 0.1) is 6.92 Å². The second kappa shape index (κ2) is 10.4. The number of hydrogen-bond donors (Lipinski definition) is 1. The summed E-state index contributed by atoms with van der Waals surface area (Å²) in [7, 11) is -3.88. The lowest BCUT2D eigenvalue weighted by Crippen LogP contribution is -2.41. The van der Waals surface area contributed by atoms with E-state index < -0.39 is 10.0 Å². The van der Waals surface area contributed by atoms with Gasteiger partial charge in [0.25, 0.3) is 10.0 Å². The Kier molecular flexibility index (Phi) is 7.91. The molecular formula is C22H28BrN3O3S. The Morgan fingerprint density at radius 2 is 1.83 bits per heavy atom. The molecule has 1 heterocycles. The second-order valence-corrected chi connectivity index (χ2v) is 10.3. The van der Waals surface area contributed by atoms with Crippen LogP contribution in [0.5, 0.6) is 0 Å². The summed E-state index contributed by atoms with van der Waals surface area (Å²) >= 11 is 3.39. The summed E-state index contributed by atoms with van der Waals surface area (Å²) < 4.78 is 28.5. The molecule has 0 aliphatic carbocycles. The van der Waals surface area contributed by atoms with E-state index in [0.717, 1.165) is 40.4 Å². The normalized spacial score (nSPS) is 14.6. The van der Waals surface area contributed by atoms with Gasteiger partial charge < -0.3 is 10.2 Å². The number of benzene rings is 2. The van der Waals surface area contributed by atoms with Crippen LogP contribution < -0.4 is 9.62 Å². The van der Waals surface area contributed by atoms with Gasteiger partial charge in [0.1, 0.15) is 6.54 Å². The Hall–Kier alpha value is -1.90. The van der Waals surface area contributed by atoms with Crippen LogP contribution in [0.25, 0.3) is 0 Å². The second-order valence-electron chi connectivity index (χ2n) is 7.56. The van der Waals surface area contributed by atoms with Crippen molar-refractivity contribution in [2.45, 2.75) is 31.1 Å². The summed E-state index contributed by atoms with van der Waals surface area (Å²) in [5.74, 6) is -0.313. The van der Waals surface area contributed by atoms with Crippen molar-refractivity contribution in [2.75, 3.05) is 37.0 Å². The minimum atomic E-state index is -3.88. The summed E-state index contributed by atoms with van der Waals surface area (Å²) in [6.07, 6.45) is 3.34. The van der Waals surface area contributed by atoms with Crippen LogP contribution in [-0.2, 0) is 14.8 Å². The maximum Gasteiger partial charge on any atom is 0.264 e. The Morgan fingerprint density at radius 1 is 1.13 bits per heavy atom. The molecule has 30 heavy (non-hydrogen) atoms.